The van der Waals surface area contributed by atoms with E-state index in [2.05, 4.69) is 107 Å². The van der Waals surface area contributed by atoms with Crippen LogP contribution in [0.2, 0.25) is 20.1 Å². The van der Waals surface area contributed by atoms with Gasteiger partial charge in [0.15, 0.2) is 5.78 Å². The van der Waals surface area contributed by atoms with E-state index in [4.69, 9.17) is 60.6 Å². The molecule has 0 saturated heterocycles. The molecule has 80 heavy (non-hydrogen) atoms. The molecule has 0 atom stereocenters. The van der Waals surface area contributed by atoms with Gasteiger partial charge in [0.25, 0.3) is 0 Å². The van der Waals surface area contributed by atoms with Gasteiger partial charge in [0.05, 0.1) is 36.9 Å². The summed E-state index contributed by atoms with van der Waals surface area (Å²) in [4.78, 5) is 11.4. The molecule has 6 nitrogen and oxygen atoms in total. The molecule has 2 N–H and O–H groups in total. The maximum absolute atomic E-state index is 12.7. The topological polar surface area (TPSA) is 85.2 Å². The summed E-state index contributed by atoms with van der Waals surface area (Å²) in [7, 11) is 4.72. The predicted octanol–water partition coefficient (Wildman–Crippen LogP) is 21.7. The molecule has 2 aliphatic rings. The molecule has 6 aromatic rings. The van der Waals surface area contributed by atoms with E-state index in [1.807, 2.05) is 57.2 Å². The Morgan fingerprint density at radius 3 is 1.15 bits per heavy atom. The predicted molar refractivity (Wildman–Crippen MR) is 332 cm³/mol. The number of rotatable bonds is 6. The van der Waals surface area contributed by atoms with Crippen molar-refractivity contribution in [3.05, 3.63) is 155 Å². The van der Waals surface area contributed by atoms with E-state index < -0.39 is 17.2 Å². The van der Waals surface area contributed by atoms with Crippen LogP contribution in [0, 0.1) is 0 Å². The zero-order chi connectivity index (χ0) is 60.1. The minimum Gasteiger partial charge on any atom is -0.508 e. The zero-order valence-corrected chi connectivity index (χ0v) is 52.8. The molecule has 2 aliphatic carbocycles. The van der Waals surface area contributed by atoms with Crippen molar-refractivity contribution in [2.45, 2.75) is 189 Å². The van der Waals surface area contributed by atoms with E-state index in [1.165, 1.54) is 67.9 Å². The van der Waals surface area contributed by atoms with Crippen molar-refractivity contribution in [2.75, 3.05) is 21.3 Å². The van der Waals surface area contributed by atoms with Crippen LogP contribution >= 0.6 is 46.4 Å². The van der Waals surface area contributed by atoms with Crippen molar-refractivity contribution in [2.24, 2.45) is 0 Å². The Balaban J connectivity index is 0.000000262. The second-order valence-corrected chi connectivity index (χ2v) is 27.2. The van der Waals surface area contributed by atoms with E-state index in [9.17, 15) is 28.2 Å². The van der Waals surface area contributed by atoms with Crippen LogP contribution in [-0.2, 0) is 33.3 Å². The highest BCUT2D eigenvalue weighted by atomic mass is 35.5. The summed E-state index contributed by atoms with van der Waals surface area (Å²) in [5.41, 5.74) is 6.46. The molecule has 440 valence electrons. The summed E-state index contributed by atoms with van der Waals surface area (Å²) in [6, 6.07) is 25.8. The number of aromatic hydroxyl groups is 2. The molecule has 0 unspecified atom stereocenters. The van der Waals surface area contributed by atoms with Crippen molar-refractivity contribution in [1.29, 1.82) is 0 Å². The van der Waals surface area contributed by atoms with Crippen LogP contribution in [0.25, 0.3) is 10.8 Å². The number of benzene rings is 6. The third-order valence-electron chi connectivity index (χ3n) is 13.6. The number of phenols is 2. The number of hydrogen-bond acceptors (Lipinski definition) is 6. The summed E-state index contributed by atoms with van der Waals surface area (Å²) in [6.07, 6.45) is 0.552. The number of Topliss-reactive ketones (excluding diaryl/α,β-unsaturated/α-hetero) is 1. The number of ether oxygens (including phenoxy) is 3. The normalized spacial score (nSPS) is 13.6. The highest BCUT2D eigenvalue weighted by Crippen LogP contribution is 2.48. The Hall–Kier alpha value is -4.80. The van der Waals surface area contributed by atoms with Gasteiger partial charge < -0.3 is 24.4 Å². The molecule has 2 fully saturated rings. The van der Waals surface area contributed by atoms with Crippen molar-refractivity contribution in [3.8, 4) is 28.7 Å². The number of carbonyl (C=O) groups excluding carboxylic acids is 1. The first-order valence-corrected chi connectivity index (χ1v) is 28.1. The number of alkyl halides is 3. The highest BCUT2D eigenvalue weighted by molar-refractivity contribution is 6.34. The summed E-state index contributed by atoms with van der Waals surface area (Å²) in [6.45, 7) is 32.4. The van der Waals surface area contributed by atoms with Gasteiger partial charge in [-0.1, -0.05) is 182 Å². The van der Waals surface area contributed by atoms with Gasteiger partial charge in [-0.2, -0.15) is 13.2 Å². The van der Waals surface area contributed by atoms with Crippen molar-refractivity contribution < 1.29 is 42.4 Å². The van der Waals surface area contributed by atoms with Gasteiger partial charge in [0, 0.05) is 26.7 Å². The van der Waals surface area contributed by atoms with Crippen molar-refractivity contribution in [1.82, 2.24) is 0 Å². The number of phenolic OH excluding ortho intramolecular Hbond substituents is 2. The van der Waals surface area contributed by atoms with Crippen molar-refractivity contribution >= 4 is 63.0 Å². The summed E-state index contributed by atoms with van der Waals surface area (Å²) in [5.74, 6) is 3.98. The van der Waals surface area contributed by atoms with Crippen LogP contribution < -0.4 is 14.2 Å². The minimum absolute atomic E-state index is 0. The fourth-order valence-electron chi connectivity index (χ4n) is 8.86. The van der Waals surface area contributed by atoms with Crippen LogP contribution in [0.3, 0.4) is 0 Å². The van der Waals surface area contributed by atoms with Crippen LogP contribution in [0.15, 0.2) is 84.9 Å². The van der Waals surface area contributed by atoms with E-state index in [1.54, 1.807) is 26.4 Å². The zero-order valence-electron chi connectivity index (χ0n) is 49.7. The third kappa shape index (κ3) is 18.9. The van der Waals surface area contributed by atoms with Crippen molar-refractivity contribution in [3.63, 3.8) is 0 Å². The van der Waals surface area contributed by atoms with Crippen LogP contribution in [0.5, 0.6) is 28.7 Å². The Morgan fingerprint density at radius 1 is 0.450 bits per heavy atom. The monoisotopic (exact) mass is 1180 g/mol. The molecule has 0 bridgehead atoms. The van der Waals surface area contributed by atoms with Gasteiger partial charge in [0.1, 0.15) is 28.7 Å². The van der Waals surface area contributed by atoms with Gasteiger partial charge in [0.2, 0.25) is 0 Å². The standard InChI is InChI=1S/C14H19ClO.C14H16O.C13H17ClO2.C13H17ClO.C12H14ClF3O.CH4/c1-14(2,3)11-7-10(9-5-6-9)12(15)8-13(11)16-4;1-14(2,3)12-8-10-6-4-5-7-11(10)9-13(12)15;1-8(15)9-6-10(13(2,3)4)12(16-5)7-11(9)14;1-13(2,3)10-6-9(8-4-5-8)11(14)7-12(10)15;1-11(2,3)8-5-7(12(14,15)16)9(13)6-10(8)17-4;/h7-9H,5-6H2,1-4H3;4-9,15H,1-3H3;6-7H,1-5H3;6-8,15H,4-5H2,1-3H3;5-6H,1-4H3;1H4. The Morgan fingerprint density at radius 2 is 0.775 bits per heavy atom. The summed E-state index contributed by atoms with van der Waals surface area (Å²) in [5, 5.41) is 23.7. The molecular weight excluding hydrogens is 1100 g/mol. The first-order chi connectivity index (χ1) is 36.1. The Bertz CT molecular complexity index is 3090. The Labute approximate surface area is 496 Å². The quantitative estimate of drug-likeness (QED) is 0.162. The van der Waals surface area contributed by atoms with Crippen LogP contribution in [0.4, 0.5) is 13.2 Å². The molecule has 6 aromatic carbocycles. The van der Waals surface area contributed by atoms with E-state index >= 15 is 0 Å². The maximum Gasteiger partial charge on any atom is 0.417 e. The molecule has 13 heteroatoms. The third-order valence-corrected chi connectivity index (χ3v) is 14.9. The number of halogens is 7. The number of fused-ring (bicyclic) bond motifs is 1. The lowest BCUT2D eigenvalue weighted by Crippen LogP contribution is -2.16. The fraction of sp³-hybridized carbons (Fsp3) is 0.478. The maximum atomic E-state index is 12.7. The molecular formula is C67H87Cl4F3O6. The van der Waals surface area contributed by atoms with E-state index in [0.717, 1.165) is 44.7 Å². The number of ketones is 1. The minimum atomic E-state index is -4.46. The average molecular weight is 1190 g/mol. The number of methoxy groups -OCH3 is 3. The average Bonchev–Trinajstić information content (AvgIpc) is 4.26. The molecule has 0 aromatic heterocycles. The van der Waals surface area contributed by atoms with Gasteiger partial charge in [-0.3, -0.25) is 4.79 Å². The lowest BCUT2D eigenvalue weighted by molar-refractivity contribution is -0.137. The molecule has 8 rings (SSSR count). The smallest absolute Gasteiger partial charge is 0.417 e. The fourth-order valence-corrected chi connectivity index (χ4v) is 10.0. The highest BCUT2D eigenvalue weighted by Gasteiger charge is 2.36. The van der Waals surface area contributed by atoms with Crippen LogP contribution in [-0.4, -0.2) is 37.3 Å². The van der Waals surface area contributed by atoms with E-state index in [0.29, 0.717) is 50.3 Å². The molecule has 2 saturated carbocycles. The van der Waals surface area contributed by atoms with Crippen LogP contribution in [0.1, 0.15) is 211 Å². The van der Waals surface area contributed by atoms with Gasteiger partial charge >= 0.3 is 6.18 Å². The lowest BCUT2D eigenvalue weighted by Gasteiger charge is -2.24. The molecule has 0 radical (unpaired) electrons. The molecule has 0 aliphatic heterocycles. The molecule has 0 heterocycles. The SMILES string of the molecule is C.CC(C)(C)c1cc(C2CC2)c(Cl)cc1O.CC(C)(C)c1cc2ccccc2cc1O.COc1cc(Cl)c(C(C)=O)cc1C(C)(C)C.COc1cc(Cl)c(C(F)(F)F)cc1C(C)(C)C.COc1cc(Cl)c(C2CC2)cc1C(C)(C)C. The second kappa shape index (κ2) is 27.1. The molecule has 0 spiro atoms. The second-order valence-electron chi connectivity index (χ2n) is 25.6. The Kier molecular flexibility index (Phi) is 23.5. The lowest BCUT2D eigenvalue weighted by atomic mass is 9.85. The van der Waals surface area contributed by atoms with E-state index in [-0.39, 0.29) is 39.9 Å². The largest absolute Gasteiger partial charge is 0.508 e. The van der Waals surface area contributed by atoms with Gasteiger partial charge in [-0.15, -0.1) is 0 Å². The first kappa shape index (κ1) is 69.5. The summed E-state index contributed by atoms with van der Waals surface area (Å²) < 4.78 is 54.0. The number of hydrogen-bond donors (Lipinski definition) is 2. The molecule has 0 amide bonds. The first-order valence-electron chi connectivity index (χ1n) is 26.6. The summed E-state index contributed by atoms with van der Waals surface area (Å²) >= 11 is 24.1. The van der Waals surface area contributed by atoms with Gasteiger partial charge in [-0.05, 0) is 171 Å². The number of carbonyl (C=O) groups is 1. The van der Waals surface area contributed by atoms with Gasteiger partial charge in [-0.25, -0.2) is 0 Å².